The Morgan fingerprint density at radius 3 is 1.49 bits per heavy atom. The van der Waals surface area contributed by atoms with Crippen LogP contribution in [0, 0.1) is 0 Å². The Kier molecular flexibility index (Phi) is 4.67. The van der Waals surface area contributed by atoms with Gasteiger partial charge < -0.3 is 0 Å². The minimum absolute atomic E-state index is 0.0847. The van der Waals surface area contributed by atoms with E-state index in [1.807, 2.05) is 0 Å². The van der Waals surface area contributed by atoms with Gasteiger partial charge in [0.05, 0.1) is 0 Å². The van der Waals surface area contributed by atoms with Crippen LogP contribution in [0.4, 0.5) is 0 Å². The lowest BCUT2D eigenvalue weighted by Crippen LogP contribution is -2.15. The number of hydrogen-bond acceptors (Lipinski definition) is 0. The summed E-state index contributed by atoms with van der Waals surface area (Å²) in [5, 5.41) is 8.00. The van der Waals surface area contributed by atoms with Gasteiger partial charge in [-0.05, 0) is 101 Å². The first-order valence-corrected chi connectivity index (χ1v) is 13.8. The highest BCUT2D eigenvalue weighted by atomic mass is 14.4. The molecule has 0 spiro atoms. The molecule has 0 heteroatoms. The van der Waals surface area contributed by atoms with Crippen LogP contribution >= 0.6 is 0 Å². The van der Waals surface area contributed by atoms with Gasteiger partial charge in [0.25, 0.3) is 0 Å². The van der Waals surface area contributed by atoms with Crippen LogP contribution in [0.1, 0.15) is 25.0 Å². The van der Waals surface area contributed by atoms with E-state index in [0.717, 1.165) is 0 Å². The quantitative estimate of drug-likeness (QED) is 0.209. The molecule has 0 bridgehead atoms. The molecule has 0 N–H and O–H groups in total. The second-order valence-corrected chi connectivity index (χ2v) is 11.4. The standard InChI is InChI=1S/C39H28/c1-39(2)37-22-28(27-14-10-13-26(21-27)25-11-4-3-5-12-25)19-20-33(37)36-23-34-31-17-8-6-15-29(31)30-16-7-9-18-32(30)35(34)24-38(36)39/h3-24H,1-2H3. The van der Waals surface area contributed by atoms with E-state index in [9.17, 15) is 0 Å². The van der Waals surface area contributed by atoms with Crippen LogP contribution in [0.5, 0.6) is 0 Å². The summed E-state index contributed by atoms with van der Waals surface area (Å²) in [6.45, 7) is 4.77. The summed E-state index contributed by atoms with van der Waals surface area (Å²) in [6, 6.07) is 49.3. The normalized spacial score (nSPS) is 13.6. The van der Waals surface area contributed by atoms with Crippen LogP contribution in [0.3, 0.4) is 0 Å². The zero-order valence-electron chi connectivity index (χ0n) is 22.2. The highest BCUT2D eigenvalue weighted by Crippen LogP contribution is 2.52. The molecule has 0 saturated heterocycles. The van der Waals surface area contributed by atoms with E-state index in [0.29, 0.717) is 0 Å². The van der Waals surface area contributed by atoms with E-state index < -0.39 is 0 Å². The molecular weight excluding hydrogens is 468 g/mol. The highest BCUT2D eigenvalue weighted by molar-refractivity contribution is 6.26. The smallest absolute Gasteiger partial charge is 0.0159 e. The van der Waals surface area contributed by atoms with Gasteiger partial charge in [0.1, 0.15) is 0 Å². The number of hydrogen-bond donors (Lipinski definition) is 0. The minimum Gasteiger partial charge on any atom is -0.0622 e. The first kappa shape index (κ1) is 22.3. The molecule has 0 aromatic heterocycles. The maximum atomic E-state index is 2.48. The Morgan fingerprint density at radius 2 is 0.821 bits per heavy atom. The molecule has 0 atom stereocenters. The van der Waals surface area contributed by atoms with Crippen molar-refractivity contribution in [3.05, 3.63) is 145 Å². The third kappa shape index (κ3) is 3.25. The van der Waals surface area contributed by atoms with Gasteiger partial charge in [0.15, 0.2) is 0 Å². The Bertz CT molecular complexity index is 2080. The maximum absolute atomic E-state index is 2.48. The SMILES string of the molecule is CC1(C)c2cc(-c3cccc(-c4ccccc4)c3)ccc2-c2cc3c4ccccc4c4ccccc4c3cc21. The van der Waals surface area contributed by atoms with Gasteiger partial charge in [0, 0.05) is 5.41 Å². The fraction of sp³-hybridized carbons (Fsp3) is 0.0769. The molecule has 0 saturated carbocycles. The molecule has 0 amide bonds. The molecule has 0 radical (unpaired) electrons. The van der Waals surface area contributed by atoms with Crippen molar-refractivity contribution < 1.29 is 0 Å². The van der Waals surface area contributed by atoms with Crippen LogP contribution in [-0.2, 0) is 5.41 Å². The Hall–Kier alpha value is -4.68. The van der Waals surface area contributed by atoms with Crippen LogP contribution in [-0.4, -0.2) is 0 Å². The largest absolute Gasteiger partial charge is 0.0622 e. The van der Waals surface area contributed by atoms with Gasteiger partial charge in [-0.3, -0.25) is 0 Å². The van der Waals surface area contributed by atoms with Crippen LogP contribution in [0.2, 0.25) is 0 Å². The van der Waals surface area contributed by atoms with Crippen molar-refractivity contribution in [2.75, 3.05) is 0 Å². The molecule has 0 heterocycles. The van der Waals surface area contributed by atoms with Crippen molar-refractivity contribution in [1.82, 2.24) is 0 Å². The highest BCUT2D eigenvalue weighted by Gasteiger charge is 2.36. The van der Waals surface area contributed by atoms with Gasteiger partial charge in [-0.15, -0.1) is 0 Å². The molecule has 0 aliphatic heterocycles. The lowest BCUT2D eigenvalue weighted by Gasteiger charge is -2.23. The van der Waals surface area contributed by atoms with E-state index in [1.54, 1.807) is 0 Å². The van der Waals surface area contributed by atoms with Gasteiger partial charge in [0.2, 0.25) is 0 Å². The Labute approximate surface area is 229 Å². The summed E-state index contributed by atoms with van der Waals surface area (Å²) in [6.07, 6.45) is 0. The van der Waals surface area contributed by atoms with Crippen LogP contribution in [0.15, 0.2) is 133 Å². The summed E-state index contributed by atoms with van der Waals surface area (Å²) in [7, 11) is 0. The molecule has 7 aromatic rings. The van der Waals surface area contributed by atoms with Crippen LogP contribution in [0.25, 0.3) is 65.7 Å². The summed E-state index contributed by atoms with van der Waals surface area (Å²) in [4.78, 5) is 0. The van der Waals surface area contributed by atoms with E-state index in [2.05, 4.69) is 147 Å². The fourth-order valence-electron chi connectivity index (χ4n) is 6.82. The fourth-order valence-corrected chi connectivity index (χ4v) is 6.82. The third-order valence-electron chi connectivity index (χ3n) is 8.84. The molecule has 0 nitrogen and oxygen atoms in total. The molecule has 39 heavy (non-hydrogen) atoms. The van der Waals surface area contributed by atoms with E-state index in [-0.39, 0.29) is 5.41 Å². The summed E-state index contributed by atoms with van der Waals surface area (Å²) in [5.74, 6) is 0. The second-order valence-electron chi connectivity index (χ2n) is 11.4. The average molecular weight is 497 g/mol. The lowest BCUT2D eigenvalue weighted by atomic mass is 9.80. The van der Waals surface area contributed by atoms with Crippen molar-refractivity contribution in [3.63, 3.8) is 0 Å². The first-order valence-electron chi connectivity index (χ1n) is 13.8. The summed E-state index contributed by atoms with van der Waals surface area (Å²) < 4.78 is 0. The molecule has 8 rings (SSSR count). The van der Waals surface area contributed by atoms with Crippen molar-refractivity contribution in [2.24, 2.45) is 0 Å². The van der Waals surface area contributed by atoms with Crippen molar-refractivity contribution in [2.45, 2.75) is 19.3 Å². The lowest BCUT2D eigenvalue weighted by molar-refractivity contribution is 0.661. The van der Waals surface area contributed by atoms with E-state index >= 15 is 0 Å². The van der Waals surface area contributed by atoms with Crippen molar-refractivity contribution in [1.29, 1.82) is 0 Å². The molecule has 1 aliphatic carbocycles. The molecule has 7 aromatic carbocycles. The minimum atomic E-state index is -0.0847. The number of benzene rings is 7. The third-order valence-corrected chi connectivity index (χ3v) is 8.84. The Balaban J connectivity index is 1.34. The van der Waals surface area contributed by atoms with Gasteiger partial charge in [-0.1, -0.05) is 123 Å². The molecule has 184 valence electrons. The predicted molar refractivity (Wildman–Crippen MR) is 167 cm³/mol. The zero-order valence-corrected chi connectivity index (χ0v) is 22.2. The molecule has 1 aliphatic rings. The monoisotopic (exact) mass is 496 g/mol. The molecular formula is C39H28. The Morgan fingerprint density at radius 1 is 0.333 bits per heavy atom. The van der Waals surface area contributed by atoms with Crippen LogP contribution < -0.4 is 0 Å². The number of fused-ring (bicyclic) bond motifs is 9. The van der Waals surface area contributed by atoms with E-state index in [1.165, 1.54) is 76.8 Å². The molecule has 0 fully saturated rings. The average Bonchev–Trinajstić information content (AvgIpc) is 3.22. The van der Waals surface area contributed by atoms with Gasteiger partial charge in [-0.2, -0.15) is 0 Å². The van der Waals surface area contributed by atoms with Crippen molar-refractivity contribution in [3.8, 4) is 33.4 Å². The predicted octanol–water partition coefficient (Wildman–Crippen LogP) is 10.8. The first-order chi connectivity index (χ1) is 19.1. The number of rotatable bonds is 2. The van der Waals surface area contributed by atoms with Gasteiger partial charge in [-0.25, -0.2) is 0 Å². The summed E-state index contributed by atoms with van der Waals surface area (Å²) in [5.41, 5.74) is 10.5. The molecule has 0 unspecified atom stereocenters. The second kappa shape index (κ2) is 8.16. The topological polar surface area (TPSA) is 0 Å². The van der Waals surface area contributed by atoms with Crippen molar-refractivity contribution >= 4 is 32.3 Å². The van der Waals surface area contributed by atoms with E-state index in [4.69, 9.17) is 0 Å². The maximum Gasteiger partial charge on any atom is 0.0159 e. The van der Waals surface area contributed by atoms with Gasteiger partial charge >= 0.3 is 0 Å². The zero-order chi connectivity index (χ0) is 26.1. The summed E-state index contributed by atoms with van der Waals surface area (Å²) >= 11 is 0.